The van der Waals surface area contributed by atoms with Gasteiger partial charge in [-0.1, -0.05) is 86.2 Å². The number of halogens is 1. The molecule has 2 saturated carbocycles. The Balaban J connectivity index is 1.32. The fourth-order valence-corrected chi connectivity index (χ4v) is 6.58. The largest absolute Gasteiger partial charge is 0.441 e. The molecule has 2 aromatic carbocycles. The lowest BCUT2D eigenvalue weighted by Gasteiger charge is -2.29. The molecule has 4 amide bonds. The van der Waals surface area contributed by atoms with E-state index in [1.54, 1.807) is 6.07 Å². The maximum Gasteiger partial charge on any atom is 0.408 e. The van der Waals surface area contributed by atoms with Gasteiger partial charge in [-0.25, -0.2) is 4.79 Å². The van der Waals surface area contributed by atoms with E-state index < -0.39 is 47.8 Å². The summed E-state index contributed by atoms with van der Waals surface area (Å²) in [5.41, 5.74) is 1.67. The number of Topliss-reactive ketones (excluding diaryl/α,β-unsaturated/α-hetero) is 1. The van der Waals surface area contributed by atoms with E-state index in [4.69, 9.17) is 16.3 Å². The van der Waals surface area contributed by atoms with Gasteiger partial charge in [0.05, 0.1) is 6.04 Å². The maximum atomic E-state index is 13.9. The molecular formula is C35H43ClN4O6. The van der Waals surface area contributed by atoms with E-state index in [0.29, 0.717) is 30.8 Å². The van der Waals surface area contributed by atoms with Crippen molar-refractivity contribution in [1.29, 1.82) is 0 Å². The molecule has 4 atom stereocenters. The lowest BCUT2D eigenvalue weighted by atomic mass is 9.84. The molecule has 3 unspecified atom stereocenters. The predicted octanol–water partition coefficient (Wildman–Crippen LogP) is 4.55. The molecule has 1 saturated heterocycles. The van der Waals surface area contributed by atoms with Gasteiger partial charge < -0.3 is 26.0 Å². The number of hydrogen-bond donors (Lipinski definition) is 4. The van der Waals surface area contributed by atoms with E-state index in [2.05, 4.69) is 21.3 Å². The molecule has 0 spiro atoms. The fraction of sp³-hybridized carbons (Fsp3) is 0.514. The third-order valence-corrected chi connectivity index (χ3v) is 9.32. The van der Waals surface area contributed by atoms with Gasteiger partial charge in [-0.15, -0.1) is 0 Å². The van der Waals surface area contributed by atoms with Gasteiger partial charge in [0.1, 0.15) is 12.1 Å². The van der Waals surface area contributed by atoms with Crippen LogP contribution in [0.1, 0.15) is 81.4 Å². The molecule has 246 valence electrons. The van der Waals surface area contributed by atoms with Crippen LogP contribution in [0.3, 0.4) is 0 Å². The molecule has 10 nitrogen and oxygen atoms in total. The van der Waals surface area contributed by atoms with Crippen LogP contribution in [0.4, 0.5) is 4.79 Å². The zero-order valence-corrected chi connectivity index (χ0v) is 26.7. The second-order valence-corrected chi connectivity index (χ2v) is 13.2. The first-order valence-corrected chi connectivity index (χ1v) is 16.8. The van der Waals surface area contributed by atoms with Crippen molar-refractivity contribution in [1.82, 2.24) is 21.3 Å². The van der Waals surface area contributed by atoms with Crippen LogP contribution in [0, 0.1) is 11.8 Å². The summed E-state index contributed by atoms with van der Waals surface area (Å²) in [6, 6.07) is 14.4. The topological polar surface area (TPSA) is 143 Å². The Labute approximate surface area is 274 Å². The Morgan fingerprint density at radius 1 is 0.870 bits per heavy atom. The van der Waals surface area contributed by atoms with Gasteiger partial charge in [-0.2, -0.15) is 0 Å². The molecule has 5 rings (SSSR count). The molecule has 0 radical (unpaired) electrons. The van der Waals surface area contributed by atoms with Crippen LogP contribution < -0.4 is 21.3 Å². The monoisotopic (exact) mass is 650 g/mol. The van der Waals surface area contributed by atoms with E-state index >= 15 is 0 Å². The van der Waals surface area contributed by atoms with Crippen LogP contribution in [0.15, 0.2) is 54.6 Å². The molecule has 3 aliphatic rings. The standard InChI is InChI=1S/C35H43ClN4O6/c36-26-13-7-10-23(18-26)20-30(24-11-5-2-6-12-24)46-35(45)40-29(19-22-8-3-1-4-9-22)33(43)39-28(21-25-16-17-37-32(25)42)31(41)34(44)38-27-14-15-27/h2,5-7,10-13,18,22,25,27-30H,1,3-4,8-9,14-17,19-21H2,(H,37,42)(H,38,44)(H,39,43)(H,40,45)/t25-,28?,29?,30?/m0/s1. The van der Waals surface area contributed by atoms with Gasteiger partial charge in [0.2, 0.25) is 17.6 Å². The number of carbonyl (C=O) groups is 5. The zero-order chi connectivity index (χ0) is 32.5. The lowest BCUT2D eigenvalue weighted by molar-refractivity contribution is -0.141. The van der Waals surface area contributed by atoms with Gasteiger partial charge in [-0.05, 0) is 61.3 Å². The maximum absolute atomic E-state index is 13.9. The third-order valence-electron chi connectivity index (χ3n) is 9.09. The Morgan fingerprint density at radius 2 is 1.63 bits per heavy atom. The molecule has 3 fully saturated rings. The number of amides is 4. The van der Waals surface area contributed by atoms with Crippen molar-refractivity contribution in [2.45, 2.75) is 94.9 Å². The van der Waals surface area contributed by atoms with Crippen molar-refractivity contribution >= 4 is 41.2 Å². The van der Waals surface area contributed by atoms with Crippen LogP contribution >= 0.6 is 11.6 Å². The Morgan fingerprint density at radius 3 is 2.30 bits per heavy atom. The van der Waals surface area contributed by atoms with Gasteiger partial charge >= 0.3 is 6.09 Å². The smallest absolute Gasteiger partial charge is 0.408 e. The van der Waals surface area contributed by atoms with Crippen LogP contribution in [-0.4, -0.2) is 54.3 Å². The summed E-state index contributed by atoms with van der Waals surface area (Å²) in [6.07, 6.45) is 6.49. The lowest BCUT2D eigenvalue weighted by Crippen LogP contribution is -2.55. The van der Waals surface area contributed by atoms with Crippen LogP contribution in [0.5, 0.6) is 0 Å². The van der Waals surface area contributed by atoms with Crippen molar-refractivity contribution in [3.05, 3.63) is 70.7 Å². The summed E-state index contributed by atoms with van der Waals surface area (Å²) in [5.74, 6) is -2.64. The number of rotatable bonds is 14. The Kier molecular flexibility index (Phi) is 11.7. The molecule has 46 heavy (non-hydrogen) atoms. The van der Waals surface area contributed by atoms with E-state index in [0.717, 1.165) is 56.1 Å². The second kappa shape index (κ2) is 16.1. The van der Waals surface area contributed by atoms with E-state index in [9.17, 15) is 24.0 Å². The Hall–Kier alpha value is -3.92. The summed E-state index contributed by atoms with van der Waals surface area (Å²) >= 11 is 6.21. The number of ketones is 1. The normalized spacial score (nSPS) is 20.1. The number of carbonyl (C=O) groups excluding carboxylic acids is 5. The van der Waals surface area contributed by atoms with E-state index in [1.165, 1.54) is 0 Å². The highest BCUT2D eigenvalue weighted by atomic mass is 35.5. The SMILES string of the molecule is O=C(NC(CC1CCCCC1)C(=O)NC(C[C@@H]1CCNC1=O)C(=O)C(=O)NC1CC1)OC(Cc1cccc(Cl)c1)c1ccccc1. The van der Waals surface area contributed by atoms with Crippen molar-refractivity contribution in [3.8, 4) is 0 Å². The number of hydrogen-bond acceptors (Lipinski definition) is 6. The molecule has 0 bridgehead atoms. The molecule has 0 aromatic heterocycles. The summed E-state index contributed by atoms with van der Waals surface area (Å²) in [4.78, 5) is 65.8. The minimum Gasteiger partial charge on any atom is -0.441 e. The quantitative estimate of drug-likeness (QED) is 0.221. The molecule has 4 N–H and O–H groups in total. The average Bonchev–Trinajstić information content (AvgIpc) is 3.78. The van der Waals surface area contributed by atoms with Gasteiger partial charge in [0, 0.05) is 29.9 Å². The first-order valence-electron chi connectivity index (χ1n) is 16.4. The summed E-state index contributed by atoms with van der Waals surface area (Å²) in [7, 11) is 0. The first kappa shape index (κ1) is 33.4. The van der Waals surface area contributed by atoms with Crippen molar-refractivity contribution in [2.24, 2.45) is 11.8 Å². The highest BCUT2D eigenvalue weighted by Gasteiger charge is 2.37. The second-order valence-electron chi connectivity index (χ2n) is 12.8. The number of nitrogens with one attached hydrogen (secondary N) is 4. The highest BCUT2D eigenvalue weighted by Crippen LogP contribution is 2.29. The first-order chi connectivity index (χ1) is 22.2. The number of benzene rings is 2. The van der Waals surface area contributed by atoms with Gasteiger partial charge in [0.15, 0.2) is 0 Å². The number of ether oxygens (including phenoxy) is 1. The summed E-state index contributed by atoms with van der Waals surface area (Å²) in [6.45, 7) is 0.474. The molecule has 1 aliphatic heterocycles. The van der Waals surface area contributed by atoms with E-state index in [-0.39, 0.29) is 24.3 Å². The van der Waals surface area contributed by atoms with Crippen LogP contribution in [0.2, 0.25) is 5.02 Å². The minimum absolute atomic E-state index is 0.00477. The van der Waals surface area contributed by atoms with Gasteiger partial charge in [0.25, 0.3) is 5.91 Å². The minimum atomic E-state index is -1.20. The summed E-state index contributed by atoms with van der Waals surface area (Å²) < 4.78 is 5.96. The molecule has 1 heterocycles. The molecule has 2 aliphatic carbocycles. The molecule has 11 heteroatoms. The van der Waals surface area contributed by atoms with Crippen LogP contribution in [-0.2, 0) is 30.3 Å². The molecule has 2 aromatic rings. The third kappa shape index (κ3) is 9.79. The fourth-order valence-electron chi connectivity index (χ4n) is 6.37. The Bertz CT molecular complexity index is 1390. The van der Waals surface area contributed by atoms with E-state index in [1.807, 2.05) is 48.5 Å². The van der Waals surface area contributed by atoms with Crippen molar-refractivity contribution in [2.75, 3.05) is 6.54 Å². The zero-order valence-electron chi connectivity index (χ0n) is 26.0. The van der Waals surface area contributed by atoms with Crippen molar-refractivity contribution in [3.63, 3.8) is 0 Å². The van der Waals surface area contributed by atoms with Crippen LogP contribution in [0.25, 0.3) is 0 Å². The average molecular weight is 651 g/mol. The van der Waals surface area contributed by atoms with Crippen molar-refractivity contribution < 1.29 is 28.7 Å². The highest BCUT2D eigenvalue weighted by molar-refractivity contribution is 6.38. The number of alkyl carbamates (subject to hydrolysis) is 1. The van der Waals surface area contributed by atoms with Gasteiger partial charge in [-0.3, -0.25) is 19.2 Å². The molecular weight excluding hydrogens is 608 g/mol. The predicted molar refractivity (Wildman–Crippen MR) is 173 cm³/mol. The summed E-state index contributed by atoms with van der Waals surface area (Å²) in [5, 5.41) is 11.6.